The lowest BCUT2D eigenvalue weighted by Gasteiger charge is -2.19. The summed E-state index contributed by atoms with van der Waals surface area (Å²) in [6.07, 6.45) is 0. The van der Waals surface area contributed by atoms with Crippen LogP contribution in [0.5, 0.6) is 0 Å². The second-order valence-corrected chi connectivity index (χ2v) is 5.29. The van der Waals surface area contributed by atoms with Gasteiger partial charge in [-0.15, -0.1) is 0 Å². The molecular formula is C17H22N2. The van der Waals surface area contributed by atoms with Crippen LogP contribution in [0.1, 0.15) is 22.3 Å². The van der Waals surface area contributed by atoms with E-state index in [2.05, 4.69) is 56.1 Å². The van der Waals surface area contributed by atoms with Crippen LogP contribution in [0.2, 0.25) is 0 Å². The van der Waals surface area contributed by atoms with Gasteiger partial charge in [-0.1, -0.05) is 42.0 Å². The van der Waals surface area contributed by atoms with E-state index in [1.165, 1.54) is 22.3 Å². The summed E-state index contributed by atoms with van der Waals surface area (Å²) in [5.41, 5.74) is 12.0. The van der Waals surface area contributed by atoms with Gasteiger partial charge in [-0.25, -0.2) is 0 Å². The Morgan fingerprint density at radius 2 is 1.74 bits per heavy atom. The molecule has 100 valence electrons. The predicted molar refractivity (Wildman–Crippen MR) is 81.9 cm³/mol. The molecule has 0 aliphatic rings. The zero-order valence-electron chi connectivity index (χ0n) is 12.0. The maximum atomic E-state index is 5.95. The first kappa shape index (κ1) is 13.6. The Balaban J connectivity index is 2.05. The quantitative estimate of drug-likeness (QED) is 0.846. The average molecular weight is 254 g/mol. The maximum Gasteiger partial charge on any atom is 0.0346 e. The summed E-state index contributed by atoms with van der Waals surface area (Å²) in [6, 6.07) is 14.8. The zero-order valence-corrected chi connectivity index (χ0v) is 12.0. The van der Waals surface area contributed by atoms with Gasteiger partial charge in [0, 0.05) is 18.8 Å². The highest BCUT2D eigenvalue weighted by molar-refractivity contribution is 5.49. The third-order valence-electron chi connectivity index (χ3n) is 3.46. The van der Waals surface area contributed by atoms with E-state index in [0.717, 1.165) is 18.8 Å². The van der Waals surface area contributed by atoms with E-state index in [1.54, 1.807) is 0 Å². The highest BCUT2D eigenvalue weighted by Gasteiger charge is 2.06. The first-order chi connectivity index (χ1) is 9.06. The summed E-state index contributed by atoms with van der Waals surface area (Å²) < 4.78 is 0. The van der Waals surface area contributed by atoms with Crippen molar-refractivity contribution in [1.29, 1.82) is 0 Å². The summed E-state index contributed by atoms with van der Waals surface area (Å²) in [5.74, 6) is 0. The Bertz CT molecular complexity index is 561. The van der Waals surface area contributed by atoms with Crippen LogP contribution in [0.3, 0.4) is 0 Å². The lowest BCUT2D eigenvalue weighted by molar-refractivity contribution is 0.318. The monoisotopic (exact) mass is 254 g/mol. The number of hydrogen-bond acceptors (Lipinski definition) is 2. The molecule has 0 amide bonds. The third kappa shape index (κ3) is 3.58. The van der Waals surface area contributed by atoms with Gasteiger partial charge in [-0.3, -0.25) is 4.90 Å². The lowest BCUT2D eigenvalue weighted by Crippen LogP contribution is -2.18. The molecule has 2 nitrogen and oxygen atoms in total. The fraction of sp³-hybridized carbons (Fsp3) is 0.294. The number of nitrogens with zero attached hydrogens (tertiary/aromatic N) is 1. The molecule has 0 unspecified atom stereocenters. The third-order valence-corrected chi connectivity index (χ3v) is 3.46. The van der Waals surface area contributed by atoms with Crippen molar-refractivity contribution < 1.29 is 0 Å². The van der Waals surface area contributed by atoms with Crippen molar-refractivity contribution >= 4 is 5.69 Å². The number of aryl methyl sites for hydroxylation is 1. The molecule has 19 heavy (non-hydrogen) atoms. The topological polar surface area (TPSA) is 29.3 Å². The van der Waals surface area contributed by atoms with E-state index in [1.807, 2.05) is 12.1 Å². The van der Waals surface area contributed by atoms with Gasteiger partial charge >= 0.3 is 0 Å². The van der Waals surface area contributed by atoms with Crippen molar-refractivity contribution in [3.8, 4) is 0 Å². The predicted octanol–water partition coefficient (Wildman–Crippen LogP) is 3.52. The molecule has 2 rings (SSSR count). The molecular weight excluding hydrogens is 232 g/mol. The molecule has 0 radical (unpaired) electrons. The summed E-state index contributed by atoms with van der Waals surface area (Å²) in [4.78, 5) is 2.32. The Hall–Kier alpha value is -1.80. The van der Waals surface area contributed by atoms with Gasteiger partial charge < -0.3 is 5.73 Å². The molecule has 0 fully saturated rings. The van der Waals surface area contributed by atoms with Crippen molar-refractivity contribution in [2.45, 2.75) is 26.9 Å². The number of hydrogen-bond donors (Lipinski definition) is 1. The van der Waals surface area contributed by atoms with Gasteiger partial charge in [0.15, 0.2) is 0 Å². The smallest absolute Gasteiger partial charge is 0.0346 e. The maximum absolute atomic E-state index is 5.95. The molecule has 0 aliphatic heterocycles. The van der Waals surface area contributed by atoms with E-state index in [-0.39, 0.29) is 0 Å². The Morgan fingerprint density at radius 3 is 2.47 bits per heavy atom. The fourth-order valence-electron chi connectivity index (χ4n) is 2.34. The van der Waals surface area contributed by atoms with E-state index in [0.29, 0.717) is 0 Å². The summed E-state index contributed by atoms with van der Waals surface area (Å²) >= 11 is 0. The van der Waals surface area contributed by atoms with E-state index in [4.69, 9.17) is 5.73 Å². The van der Waals surface area contributed by atoms with E-state index in [9.17, 15) is 0 Å². The van der Waals surface area contributed by atoms with Crippen molar-refractivity contribution in [2.24, 2.45) is 0 Å². The number of rotatable bonds is 4. The van der Waals surface area contributed by atoms with Gasteiger partial charge in [0.25, 0.3) is 0 Å². The van der Waals surface area contributed by atoms with Crippen LogP contribution in [-0.2, 0) is 13.1 Å². The average Bonchev–Trinajstić information content (AvgIpc) is 2.35. The van der Waals surface area contributed by atoms with Crippen LogP contribution in [-0.4, -0.2) is 11.9 Å². The fourth-order valence-corrected chi connectivity index (χ4v) is 2.34. The lowest BCUT2D eigenvalue weighted by atomic mass is 10.1. The molecule has 0 heterocycles. The molecule has 2 N–H and O–H groups in total. The number of nitrogens with two attached hydrogens (primary N) is 1. The minimum Gasteiger partial charge on any atom is -0.399 e. The normalized spacial score (nSPS) is 10.9. The van der Waals surface area contributed by atoms with Crippen LogP contribution in [0.4, 0.5) is 5.69 Å². The minimum absolute atomic E-state index is 0.876. The van der Waals surface area contributed by atoms with Crippen molar-refractivity contribution in [1.82, 2.24) is 4.90 Å². The molecule has 0 aromatic heterocycles. The molecule has 2 aromatic rings. The van der Waals surface area contributed by atoms with Crippen LogP contribution >= 0.6 is 0 Å². The highest BCUT2D eigenvalue weighted by atomic mass is 15.1. The van der Waals surface area contributed by atoms with Gasteiger partial charge in [0.1, 0.15) is 0 Å². The molecule has 2 heteroatoms. The molecule has 0 saturated carbocycles. The summed E-state index contributed by atoms with van der Waals surface area (Å²) in [5, 5.41) is 0. The summed E-state index contributed by atoms with van der Waals surface area (Å²) in [7, 11) is 2.14. The molecule has 0 aliphatic carbocycles. The number of anilines is 1. The van der Waals surface area contributed by atoms with Gasteiger partial charge in [-0.05, 0) is 43.7 Å². The molecule has 2 aromatic carbocycles. The van der Waals surface area contributed by atoms with Crippen molar-refractivity contribution in [3.63, 3.8) is 0 Å². The summed E-state index contributed by atoms with van der Waals surface area (Å²) in [6.45, 7) is 6.09. The standard InChI is InChI=1S/C17H22N2/c1-13-6-4-7-15(10-13)11-19(3)12-16-8-5-9-17(18)14(16)2/h4-10H,11-12,18H2,1-3H3. The SMILES string of the molecule is Cc1cccc(CN(C)Cc2cccc(N)c2C)c1. The minimum atomic E-state index is 0.876. The van der Waals surface area contributed by atoms with Gasteiger partial charge in [0.05, 0.1) is 0 Å². The first-order valence-corrected chi connectivity index (χ1v) is 6.64. The largest absolute Gasteiger partial charge is 0.399 e. The van der Waals surface area contributed by atoms with E-state index < -0.39 is 0 Å². The Labute approximate surface area is 115 Å². The molecule has 0 bridgehead atoms. The second-order valence-electron chi connectivity index (χ2n) is 5.29. The van der Waals surface area contributed by atoms with Gasteiger partial charge in [0.2, 0.25) is 0 Å². The van der Waals surface area contributed by atoms with E-state index >= 15 is 0 Å². The Morgan fingerprint density at radius 1 is 1.00 bits per heavy atom. The molecule has 0 spiro atoms. The zero-order chi connectivity index (χ0) is 13.8. The second kappa shape index (κ2) is 5.89. The Kier molecular flexibility index (Phi) is 4.23. The van der Waals surface area contributed by atoms with Crippen molar-refractivity contribution in [3.05, 3.63) is 64.7 Å². The van der Waals surface area contributed by atoms with Crippen LogP contribution < -0.4 is 5.73 Å². The highest BCUT2D eigenvalue weighted by Crippen LogP contribution is 2.17. The molecule has 0 saturated heterocycles. The number of nitrogen functional groups attached to an aromatic ring is 1. The van der Waals surface area contributed by atoms with Gasteiger partial charge in [-0.2, -0.15) is 0 Å². The van der Waals surface area contributed by atoms with Crippen LogP contribution in [0.25, 0.3) is 0 Å². The first-order valence-electron chi connectivity index (χ1n) is 6.64. The van der Waals surface area contributed by atoms with Crippen molar-refractivity contribution in [2.75, 3.05) is 12.8 Å². The number of benzene rings is 2. The van der Waals surface area contributed by atoms with Crippen LogP contribution in [0.15, 0.2) is 42.5 Å². The molecule has 0 atom stereocenters. The van der Waals surface area contributed by atoms with Crippen LogP contribution in [0, 0.1) is 13.8 Å².